The van der Waals surface area contributed by atoms with Gasteiger partial charge in [0.05, 0.1) is 6.10 Å². The Morgan fingerprint density at radius 3 is 2.30 bits per heavy atom. The number of ether oxygens (including phenoxy) is 2. The second-order valence-electron chi connectivity index (χ2n) is 6.82. The molecule has 1 amide bonds. The maximum Gasteiger partial charge on any atom is 0.267 e. The molecule has 154 valence electrons. The van der Waals surface area contributed by atoms with E-state index in [4.69, 9.17) is 14.7 Å². The predicted octanol–water partition coefficient (Wildman–Crippen LogP) is 4.71. The Morgan fingerprint density at radius 2 is 1.67 bits per heavy atom. The molecule has 3 rings (SSSR count). The molecular weight excluding hydrogens is 378 g/mol. The van der Waals surface area contributed by atoms with Crippen molar-refractivity contribution in [3.05, 3.63) is 107 Å². The van der Waals surface area contributed by atoms with Crippen LogP contribution in [0.5, 0.6) is 5.75 Å². The van der Waals surface area contributed by atoms with Crippen molar-refractivity contribution in [2.24, 2.45) is 0 Å². The summed E-state index contributed by atoms with van der Waals surface area (Å²) in [4.78, 5) is 11.1. The molecule has 5 heteroatoms. The molecule has 0 aliphatic carbocycles. The predicted molar refractivity (Wildman–Crippen MR) is 116 cm³/mol. The Bertz CT molecular complexity index is 951. The van der Waals surface area contributed by atoms with Crippen LogP contribution < -0.4 is 10.2 Å². The summed E-state index contributed by atoms with van der Waals surface area (Å²) in [5.41, 5.74) is 5.76. The number of hydrogen-bond donors (Lipinski definition) is 2. The summed E-state index contributed by atoms with van der Waals surface area (Å²) in [5, 5.41) is 8.53. The third-order valence-corrected chi connectivity index (χ3v) is 4.72. The highest BCUT2D eigenvalue weighted by Crippen LogP contribution is 2.24. The molecule has 0 aliphatic heterocycles. The minimum absolute atomic E-state index is 0.0835. The zero-order chi connectivity index (χ0) is 21.2. The standard InChI is InChI=1S/C25H25NO4/c1-29-24(22-12-7-19(8-13-22)11-16-25(27)26-28)17-20-9-14-23(15-10-20)30-18-21-5-3-2-4-6-21/h2-16,24,28H,17-18H2,1H3,(H,26,27)/b16-11+. The number of benzene rings is 3. The molecule has 3 aromatic carbocycles. The van der Waals surface area contributed by atoms with Gasteiger partial charge in [-0.15, -0.1) is 0 Å². The summed E-state index contributed by atoms with van der Waals surface area (Å²) in [6, 6.07) is 25.9. The third kappa shape index (κ3) is 6.30. The van der Waals surface area contributed by atoms with Gasteiger partial charge in [-0.2, -0.15) is 0 Å². The zero-order valence-corrected chi connectivity index (χ0v) is 16.8. The summed E-state index contributed by atoms with van der Waals surface area (Å²) in [5.74, 6) is 0.268. The van der Waals surface area contributed by atoms with Crippen molar-refractivity contribution in [3.8, 4) is 5.75 Å². The van der Waals surface area contributed by atoms with Crippen LogP contribution in [0.3, 0.4) is 0 Å². The Balaban J connectivity index is 1.58. The second kappa shape index (κ2) is 11.0. The molecule has 0 bridgehead atoms. The lowest BCUT2D eigenvalue weighted by Gasteiger charge is -2.16. The van der Waals surface area contributed by atoms with E-state index in [1.54, 1.807) is 18.7 Å². The molecule has 0 saturated carbocycles. The Labute approximate surface area is 176 Å². The minimum Gasteiger partial charge on any atom is -0.489 e. The van der Waals surface area contributed by atoms with Crippen LogP contribution in [0.25, 0.3) is 6.08 Å². The van der Waals surface area contributed by atoms with Crippen molar-refractivity contribution >= 4 is 12.0 Å². The number of carbonyl (C=O) groups is 1. The third-order valence-electron chi connectivity index (χ3n) is 4.72. The van der Waals surface area contributed by atoms with Crippen molar-refractivity contribution in [2.45, 2.75) is 19.1 Å². The number of rotatable bonds is 9. The second-order valence-corrected chi connectivity index (χ2v) is 6.82. The largest absolute Gasteiger partial charge is 0.489 e. The van der Waals surface area contributed by atoms with Gasteiger partial charge in [0.15, 0.2) is 0 Å². The molecule has 5 nitrogen and oxygen atoms in total. The summed E-state index contributed by atoms with van der Waals surface area (Å²) in [7, 11) is 1.70. The molecule has 1 unspecified atom stereocenters. The van der Waals surface area contributed by atoms with Crippen molar-refractivity contribution < 1.29 is 19.5 Å². The van der Waals surface area contributed by atoms with Crippen molar-refractivity contribution in [1.82, 2.24) is 5.48 Å². The van der Waals surface area contributed by atoms with Crippen LogP contribution in [-0.4, -0.2) is 18.2 Å². The zero-order valence-electron chi connectivity index (χ0n) is 16.8. The normalized spacial score (nSPS) is 11.9. The summed E-state index contributed by atoms with van der Waals surface area (Å²) in [6.07, 6.45) is 3.55. The molecule has 0 radical (unpaired) electrons. The molecule has 2 N–H and O–H groups in total. The van der Waals surface area contributed by atoms with E-state index in [0.717, 1.165) is 34.4 Å². The lowest BCUT2D eigenvalue weighted by atomic mass is 10.00. The van der Waals surface area contributed by atoms with Crippen LogP contribution in [0.1, 0.15) is 28.4 Å². The highest BCUT2D eigenvalue weighted by Gasteiger charge is 2.11. The maximum atomic E-state index is 11.1. The van der Waals surface area contributed by atoms with Crippen molar-refractivity contribution in [2.75, 3.05) is 7.11 Å². The first-order chi connectivity index (χ1) is 14.7. The number of carbonyl (C=O) groups excluding carboxylic acids is 1. The average molecular weight is 403 g/mol. The van der Waals surface area contributed by atoms with Gasteiger partial charge >= 0.3 is 0 Å². The van der Waals surface area contributed by atoms with E-state index in [2.05, 4.69) is 12.1 Å². The SMILES string of the molecule is COC(Cc1ccc(OCc2ccccc2)cc1)c1ccc(/C=C/C(=O)NO)cc1. The Hall–Kier alpha value is -3.41. The monoisotopic (exact) mass is 403 g/mol. The fourth-order valence-electron chi connectivity index (χ4n) is 3.04. The van der Waals surface area contributed by atoms with Crippen LogP contribution in [0.2, 0.25) is 0 Å². The molecule has 3 aromatic rings. The highest BCUT2D eigenvalue weighted by molar-refractivity contribution is 5.90. The molecule has 1 atom stereocenters. The molecule has 30 heavy (non-hydrogen) atoms. The highest BCUT2D eigenvalue weighted by atomic mass is 16.5. The molecule has 0 fully saturated rings. The molecular formula is C25H25NO4. The van der Waals surface area contributed by atoms with Crippen LogP contribution in [0.4, 0.5) is 0 Å². The van der Waals surface area contributed by atoms with Gasteiger partial charge in [0, 0.05) is 19.6 Å². The van der Waals surface area contributed by atoms with E-state index < -0.39 is 5.91 Å². The van der Waals surface area contributed by atoms with E-state index in [1.807, 2.05) is 66.7 Å². The minimum atomic E-state index is -0.565. The van der Waals surface area contributed by atoms with Gasteiger partial charge in [-0.3, -0.25) is 10.0 Å². The van der Waals surface area contributed by atoms with E-state index in [-0.39, 0.29) is 6.10 Å². The lowest BCUT2D eigenvalue weighted by molar-refractivity contribution is -0.124. The molecule has 0 aromatic heterocycles. The summed E-state index contributed by atoms with van der Waals surface area (Å²) in [6.45, 7) is 0.543. The van der Waals surface area contributed by atoms with Gasteiger partial charge < -0.3 is 9.47 Å². The smallest absolute Gasteiger partial charge is 0.267 e. The fraction of sp³-hybridized carbons (Fsp3) is 0.160. The molecule has 0 spiro atoms. The number of nitrogens with one attached hydrogen (secondary N) is 1. The van der Waals surface area contributed by atoms with Crippen LogP contribution in [0, 0.1) is 0 Å². The van der Waals surface area contributed by atoms with Crippen molar-refractivity contribution in [1.29, 1.82) is 0 Å². The first-order valence-electron chi connectivity index (χ1n) is 9.68. The number of amides is 1. The van der Waals surface area contributed by atoms with Gasteiger partial charge in [-0.25, -0.2) is 5.48 Å². The summed E-state index contributed by atoms with van der Waals surface area (Å²) < 4.78 is 11.5. The fourth-order valence-corrected chi connectivity index (χ4v) is 3.04. The quantitative estimate of drug-likeness (QED) is 0.308. The van der Waals surface area contributed by atoms with Gasteiger partial charge in [-0.05, 0) is 40.5 Å². The van der Waals surface area contributed by atoms with Crippen molar-refractivity contribution in [3.63, 3.8) is 0 Å². The average Bonchev–Trinajstić information content (AvgIpc) is 2.81. The molecule has 0 heterocycles. The topological polar surface area (TPSA) is 67.8 Å². The van der Waals surface area contributed by atoms with Gasteiger partial charge in [0.2, 0.25) is 0 Å². The number of hydroxylamine groups is 1. The Morgan fingerprint density at radius 1 is 0.967 bits per heavy atom. The van der Waals surface area contributed by atoms with E-state index >= 15 is 0 Å². The van der Waals surface area contributed by atoms with Crippen LogP contribution in [0.15, 0.2) is 84.9 Å². The maximum absolute atomic E-state index is 11.1. The first-order valence-corrected chi connectivity index (χ1v) is 9.68. The number of methoxy groups -OCH3 is 1. The lowest BCUT2D eigenvalue weighted by Crippen LogP contribution is -2.14. The van der Waals surface area contributed by atoms with E-state index in [0.29, 0.717) is 6.61 Å². The Kier molecular flexibility index (Phi) is 7.78. The van der Waals surface area contributed by atoms with Gasteiger partial charge in [-0.1, -0.05) is 66.7 Å². The van der Waals surface area contributed by atoms with Crippen LogP contribution in [-0.2, 0) is 22.6 Å². The molecule has 0 aliphatic rings. The van der Waals surface area contributed by atoms with Crippen LogP contribution >= 0.6 is 0 Å². The summed E-state index contributed by atoms with van der Waals surface area (Å²) >= 11 is 0. The first kappa shape index (κ1) is 21.3. The van der Waals surface area contributed by atoms with Gasteiger partial charge in [0.25, 0.3) is 5.91 Å². The van der Waals surface area contributed by atoms with Gasteiger partial charge in [0.1, 0.15) is 12.4 Å². The number of hydrogen-bond acceptors (Lipinski definition) is 4. The molecule has 0 saturated heterocycles. The van der Waals surface area contributed by atoms with E-state index in [1.165, 1.54) is 6.08 Å². The van der Waals surface area contributed by atoms with E-state index in [9.17, 15) is 4.79 Å².